The Kier molecular flexibility index (Phi) is 6.22. The number of anilines is 2. The molecule has 2 aromatic rings. The largest absolute Gasteiger partial charge is 0.469 e. The van der Waals surface area contributed by atoms with Crippen LogP contribution in [-0.2, 0) is 25.5 Å². The van der Waals surface area contributed by atoms with Crippen molar-refractivity contribution in [3.8, 4) is 0 Å². The van der Waals surface area contributed by atoms with Crippen LogP contribution in [0.5, 0.6) is 0 Å². The summed E-state index contributed by atoms with van der Waals surface area (Å²) in [4.78, 5) is 29.7. The first-order chi connectivity index (χ1) is 13.9. The van der Waals surface area contributed by atoms with Gasteiger partial charge in [-0.2, -0.15) is 0 Å². The maximum Gasteiger partial charge on any atom is 0.310 e. The van der Waals surface area contributed by atoms with E-state index >= 15 is 0 Å². The molecule has 3 heterocycles. The first kappa shape index (κ1) is 20.9. The topological polar surface area (TPSA) is 85.2 Å². The van der Waals surface area contributed by atoms with E-state index in [2.05, 4.69) is 28.7 Å². The van der Waals surface area contributed by atoms with Crippen LogP contribution in [0.2, 0.25) is 0 Å². The number of hydrogen-bond acceptors (Lipinski definition) is 6. The molecular weight excluding hydrogens is 372 g/mol. The number of nitrogens with one attached hydrogen (secondary N) is 1. The van der Waals surface area contributed by atoms with E-state index < -0.39 is 0 Å². The Hall–Kier alpha value is -2.87. The molecule has 1 saturated heterocycles. The van der Waals surface area contributed by atoms with Crippen molar-refractivity contribution in [3.05, 3.63) is 36.0 Å². The highest BCUT2D eigenvalue weighted by Gasteiger charge is 2.33. The van der Waals surface area contributed by atoms with Crippen LogP contribution >= 0.6 is 0 Å². The zero-order chi connectivity index (χ0) is 21.0. The van der Waals surface area contributed by atoms with Crippen molar-refractivity contribution in [3.63, 3.8) is 0 Å². The summed E-state index contributed by atoms with van der Waals surface area (Å²) in [5.41, 5.74) is 2.37. The average Bonchev–Trinajstić information content (AvgIpc) is 3.10. The van der Waals surface area contributed by atoms with Crippen LogP contribution in [-0.4, -0.2) is 54.2 Å². The lowest BCUT2D eigenvalue weighted by Crippen LogP contribution is -2.45. The number of hydrogen-bond donors (Lipinski definition) is 1. The van der Waals surface area contributed by atoms with Crippen LogP contribution in [0.25, 0.3) is 5.65 Å². The van der Waals surface area contributed by atoms with E-state index in [4.69, 9.17) is 9.47 Å². The second-order valence-corrected chi connectivity index (χ2v) is 7.54. The Bertz CT molecular complexity index is 913. The van der Waals surface area contributed by atoms with Gasteiger partial charge in [0.15, 0.2) is 5.82 Å². The van der Waals surface area contributed by atoms with Crippen molar-refractivity contribution in [1.29, 1.82) is 0 Å². The van der Waals surface area contributed by atoms with Crippen molar-refractivity contribution in [2.75, 3.05) is 37.0 Å². The Morgan fingerprint density at radius 2 is 2.14 bits per heavy atom. The van der Waals surface area contributed by atoms with Crippen LogP contribution in [0.4, 0.5) is 11.6 Å². The number of carbonyl (C=O) groups excluding carboxylic acids is 2. The maximum absolute atomic E-state index is 12.1. The van der Waals surface area contributed by atoms with E-state index in [9.17, 15) is 9.59 Å². The van der Waals surface area contributed by atoms with E-state index in [-0.39, 0.29) is 18.0 Å². The van der Waals surface area contributed by atoms with Crippen molar-refractivity contribution in [2.24, 2.45) is 0 Å². The number of methoxy groups -OCH3 is 1. The predicted molar refractivity (Wildman–Crippen MR) is 111 cm³/mol. The summed E-state index contributed by atoms with van der Waals surface area (Å²) in [5.74, 6) is 1.07. The monoisotopic (exact) mass is 400 g/mol. The molecular formula is C21H28N4O4. The summed E-state index contributed by atoms with van der Waals surface area (Å²) in [7, 11) is 1.39. The Morgan fingerprint density at radius 1 is 1.41 bits per heavy atom. The van der Waals surface area contributed by atoms with Crippen molar-refractivity contribution in [1.82, 2.24) is 9.38 Å². The summed E-state index contributed by atoms with van der Waals surface area (Å²) in [5, 5.41) is 2.60. The van der Waals surface area contributed by atoms with Crippen LogP contribution in [0.15, 0.2) is 24.9 Å². The van der Waals surface area contributed by atoms with E-state index in [1.165, 1.54) is 7.11 Å². The fraction of sp³-hybridized carbons (Fsp3) is 0.476. The number of aromatic nitrogens is 2. The molecule has 0 aliphatic carbocycles. The predicted octanol–water partition coefficient (Wildman–Crippen LogP) is 2.49. The van der Waals surface area contributed by atoms with Gasteiger partial charge in [-0.3, -0.25) is 14.0 Å². The van der Waals surface area contributed by atoms with Gasteiger partial charge in [0.1, 0.15) is 11.5 Å². The summed E-state index contributed by atoms with van der Waals surface area (Å²) >= 11 is 0. The van der Waals surface area contributed by atoms with Gasteiger partial charge < -0.3 is 19.7 Å². The van der Waals surface area contributed by atoms with Crippen molar-refractivity contribution in [2.45, 2.75) is 38.7 Å². The van der Waals surface area contributed by atoms with Gasteiger partial charge >= 0.3 is 5.97 Å². The molecule has 3 rings (SSSR count). The molecule has 8 nitrogen and oxygen atoms in total. The fourth-order valence-electron chi connectivity index (χ4n) is 3.77. The molecule has 156 valence electrons. The number of nitrogens with zero attached hydrogens (tertiary/aromatic N) is 3. The first-order valence-electron chi connectivity index (χ1n) is 9.69. The quantitative estimate of drug-likeness (QED) is 0.416. The molecule has 0 unspecified atom stereocenters. The highest BCUT2D eigenvalue weighted by atomic mass is 16.5. The van der Waals surface area contributed by atoms with Gasteiger partial charge in [0, 0.05) is 18.7 Å². The Balaban J connectivity index is 2.01. The lowest BCUT2D eigenvalue weighted by atomic mass is 9.92. The molecule has 0 aromatic carbocycles. The van der Waals surface area contributed by atoms with Gasteiger partial charge in [0.2, 0.25) is 6.41 Å². The molecule has 1 amide bonds. The summed E-state index contributed by atoms with van der Waals surface area (Å²) in [6, 6.07) is 1.92. The summed E-state index contributed by atoms with van der Waals surface area (Å²) in [6.45, 7) is 9.89. The van der Waals surface area contributed by atoms with E-state index in [1.54, 1.807) is 12.3 Å². The van der Waals surface area contributed by atoms with Gasteiger partial charge in [-0.05, 0) is 38.3 Å². The first-order valence-corrected chi connectivity index (χ1v) is 9.69. The van der Waals surface area contributed by atoms with Crippen LogP contribution in [0.3, 0.4) is 0 Å². The number of amides is 1. The fourth-order valence-corrected chi connectivity index (χ4v) is 3.77. The molecule has 0 bridgehead atoms. The number of piperidine rings is 1. The number of fused-ring (bicyclic) bond motifs is 1. The number of carbonyl (C=O) groups is 2. The Morgan fingerprint density at radius 3 is 2.76 bits per heavy atom. The minimum Gasteiger partial charge on any atom is -0.469 e. The van der Waals surface area contributed by atoms with E-state index in [1.807, 2.05) is 17.4 Å². The summed E-state index contributed by atoms with van der Waals surface area (Å²) in [6.07, 6.45) is 6.02. The minimum atomic E-state index is -0.295. The molecule has 0 atom stereocenters. The number of imidazole rings is 1. The summed E-state index contributed by atoms with van der Waals surface area (Å²) < 4.78 is 12.8. The van der Waals surface area contributed by atoms with E-state index in [0.29, 0.717) is 24.5 Å². The van der Waals surface area contributed by atoms with Gasteiger partial charge in [-0.15, -0.1) is 6.58 Å². The van der Waals surface area contributed by atoms with Crippen LogP contribution in [0.1, 0.15) is 30.9 Å². The molecule has 29 heavy (non-hydrogen) atoms. The molecule has 1 aliphatic rings. The highest BCUT2D eigenvalue weighted by Crippen LogP contribution is 2.33. The van der Waals surface area contributed by atoms with Crippen LogP contribution < -0.4 is 10.2 Å². The standard InChI is InChI=1S/C21H28N4O4/c1-5-10-29-21(3)6-8-24(9-7-21)20-16(12-19(27)28-4)15(2)11-18-23-17(22-14-26)13-25(18)20/h5,11,13-14H,1,6-10,12H2,2-4H3,(H,22,26). The average molecular weight is 400 g/mol. The van der Waals surface area contributed by atoms with Gasteiger partial charge in [-0.25, -0.2) is 4.98 Å². The number of aryl methyl sites for hydroxylation is 1. The molecule has 0 radical (unpaired) electrons. The second kappa shape index (κ2) is 8.65. The third-order valence-corrected chi connectivity index (χ3v) is 5.48. The lowest BCUT2D eigenvalue weighted by molar-refractivity contribution is -0.139. The van der Waals surface area contributed by atoms with Crippen molar-refractivity contribution < 1.29 is 19.1 Å². The molecule has 1 N–H and O–H groups in total. The number of rotatable bonds is 8. The lowest BCUT2D eigenvalue weighted by Gasteiger charge is -2.41. The molecule has 0 saturated carbocycles. The molecule has 1 fully saturated rings. The van der Waals surface area contributed by atoms with Crippen molar-refractivity contribution >= 4 is 29.7 Å². The third kappa shape index (κ3) is 4.42. The molecule has 2 aromatic heterocycles. The minimum absolute atomic E-state index is 0.170. The smallest absolute Gasteiger partial charge is 0.310 e. The van der Waals surface area contributed by atoms with Crippen LogP contribution in [0, 0.1) is 6.92 Å². The second-order valence-electron chi connectivity index (χ2n) is 7.54. The number of pyridine rings is 1. The SMILES string of the molecule is C=CCOC1(C)CCN(c2c(CC(=O)OC)c(C)cc3nc(NC=O)cn23)CC1. The number of esters is 1. The van der Waals surface area contributed by atoms with Gasteiger partial charge in [0.25, 0.3) is 0 Å². The van der Waals surface area contributed by atoms with E-state index in [0.717, 1.165) is 42.9 Å². The zero-order valence-electron chi connectivity index (χ0n) is 17.2. The molecule has 1 aliphatic heterocycles. The normalized spacial score (nSPS) is 15.9. The zero-order valence-corrected chi connectivity index (χ0v) is 17.2. The highest BCUT2D eigenvalue weighted by molar-refractivity contribution is 5.78. The number of ether oxygens (including phenoxy) is 2. The maximum atomic E-state index is 12.1. The Labute approximate surface area is 170 Å². The molecule has 0 spiro atoms. The molecule has 8 heteroatoms. The van der Waals surface area contributed by atoms with Gasteiger partial charge in [-0.1, -0.05) is 6.08 Å². The third-order valence-electron chi connectivity index (χ3n) is 5.48. The van der Waals surface area contributed by atoms with Gasteiger partial charge in [0.05, 0.1) is 31.9 Å².